The second kappa shape index (κ2) is 5.31. The van der Waals surface area contributed by atoms with Gasteiger partial charge in [-0.3, -0.25) is 4.90 Å². The predicted molar refractivity (Wildman–Crippen MR) is 65.1 cm³/mol. The summed E-state index contributed by atoms with van der Waals surface area (Å²) in [6, 6.07) is 1.64. The molecule has 2 fully saturated rings. The van der Waals surface area contributed by atoms with E-state index in [9.17, 15) is 0 Å². The lowest BCUT2D eigenvalue weighted by Crippen LogP contribution is -2.41. The highest BCUT2D eigenvalue weighted by Gasteiger charge is 2.25. The smallest absolute Gasteiger partial charge is 0.0221 e. The van der Waals surface area contributed by atoms with Crippen LogP contribution in [-0.4, -0.2) is 36.6 Å². The first-order chi connectivity index (χ1) is 7.29. The Balaban J connectivity index is 1.68. The van der Waals surface area contributed by atoms with E-state index in [1.165, 1.54) is 51.7 Å². The fourth-order valence-electron chi connectivity index (χ4n) is 3.24. The van der Waals surface area contributed by atoms with Crippen LogP contribution in [0.25, 0.3) is 0 Å². The number of rotatable bonds is 4. The van der Waals surface area contributed by atoms with E-state index in [1.54, 1.807) is 0 Å². The highest BCUT2D eigenvalue weighted by atomic mass is 15.2. The lowest BCUT2D eigenvalue weighted by atomic mass is 10.1. The van der Waals surface area contributed by atoms with Crippen LogP contribution in [0.3, 0.4) is 0 Å². The molecule has 0 bridgehead atoms. The standard InChI is InChI=1S/C13H26N2/c1-3-15-8-4-5-13(15)10-14-12-7-6-11(2)9-12/h11-14H,3-10H2,1-2H3/t11-,12-,13-/m1/s1. The third-order valence-corrected chi connectivity index (χ3v) is 4.24. The van der Waals surface area contributed by atoms with Gasteiger partial charge in [0.1, 0.15) is 0 Å². The minimum atomic E-state index is 0.819. The van der Waals surface area contributed by atoms with Crippen molar-refractivity contribution in [3.05, 3.63) is 0 Å². The Morgan fingerprint density at radius 3 is 2.80 bits per heavy atom. The Kier molecular flexibility index (Phi) is 4.04. The molecule has 2 rings (SSSR count). The van der Waals surface area contributed by atoms with Gasteiger partial charge in [-0.1, -0.05) is 13.8 Å². The van der Waals surface area contributed by atoms with Gasteiger partial charge in [0, 0.05) is 18.6 Å². The van der Waals surface area contributed by atoms with Crippen molar-refractivity contribution in [3.63, 3.8) is 0 Å². The highest BCUT2D eigenvalue weighted by Crippen LogP contribution is 2.25. The van der Waals surface area contributed by atoms with Crippen LogP contribution in [0.4, 0.5) is 0 Å². The van der Waals surface area contributed by atoms with Crippen molar-refractivity contribution in [3.8, 4) is 0 Å². The zero-order valence-corrected chi connectivity index (χ0v) is 10.3. The maximum atomic E-state index is 3.78. The van der Waals surface area contributed by atoms with E-state index in [0.29, 0.717) is 0 Å². The molecule has 0 amide bonds. The van der Waals surface area contributed by atoms with Gasteiger partial charge in [-0.15, -0.1) is 0 Å². The Hall–Kier alpha value is -0.0800. The molecule has 0 aromatic heterocycles. The summed E-state index contributed by atoms with van der Waals surface area (Å²) >= 11 is 0. The molecule has 2 nitrogen and oxygen atoms in total. The number of hydrogen-bond donors (Lipinski definition) is 1. The summed E-state index contributed by atoms with van der Waals surface area (Å²) in [7, 11) is 0. The van der Waals surface area contributed by atoms with Crippen LogP contribution in [-0.2, 0) is 0 Å². The van der Waals surface area contributed by atoms with Gasteiger partial charge in [-0.05, 0) is 51.1 Å². The molecule has 1 saturated heterocycles. The summed E-state index contributed by atoms with van der Waals surface area (Å²) in [6.45, 7) is 8.45. The molecule has 1 N–H and O–H groups in total. The molecule has 1 aliphatic heterocycles. The van der Waals surface area contributed by atoms with Crippen molar-refractivity contribution in [2.24, 2.45) is 5.92 Å². The van der Waals surface area contributed by atoms with Gasteiger partial charge in [0.05, 0.1) is 0 Å². The summed E-state index contributed by atoms with van der Waals surface area (Å²) < 4.78 is 0. The lowest BCUT2D eigenvalue weighted by molar-refractivity contribution is 0.253. The van der Waals surface area contributed by atoms with E-state index in [-0.39, 0.29) is 0 Å². The largest absolute Gasteiger partial charge is 0.312 e. The predicted octanol–water partition coefficient (Wildman–Crippen LogP) is 2.25. The van der Waals surface area contributed by atoms with Crippen molar-refractivity contribution >= 4 is 0 Å². The molecule has 0 aromatic carbocycles. The molecule has 0 aromatic rings. The van der Waals surface area contributed by atoms with Gasteiger partial charge in [0.15, 0.2) is 0 Å². The van der Waals surface area contributed by atoms with Gasteiger partial charge in [0.2, 0.25) is 0 Å². The first-order valence-corrected chi connectivity index (χ1v) is 6.77. The summed E-state index contributed by atoms with van der Waals surface area (Å²) in [4.78, 5) is 2.63. The Morgan fingerprint density at radius 1 is 1.27 bits per heavy atom. The monoisotopic (exact) mass is 210 g/mol. The van der Waals surface area contributed by atoms with Crippen LogP contribution < -0.4 is 5.32 Å². The summed E-state index contributed by atoms with van der Waals surface area (Å²) in [6.07, 6.45) is 7.04. The van der Waals surface area contributed by atoms with Crippen molar-refractivity contribution < 1.29 is 0 Å². The van der Waals surface area contributed by atoms with E-state index < -0.39 is 0 Å². The van der Waals surface area contributed by atoms with Gasteiger partial charge in [0.25, 0.3) is 0 Å². The molecule has 1 aliphatic carbocycles. The highest BCUT2D eigenvalue weighted by molar-refractivity contribution is 4.84. The first-order valence-electron chi connectivity index (χ1n) is 6.77. The summed E-state index contributed by atoms with van der Waals surface area (Å²) in [5, 5.41) is 3.78. The number of nitrogens with one attached hydrogen (secondary N) is 1. The van der Waals surface area contributed by atoms with E-state index in [4.69, 9.17) is 0 Å². The average Bonchev–Trinajstić information content (AvgIpc) is 2.83. The van der Waals surface area contributed by atoms with Crippen LogP contribution in [0, 0.1) is 5.92 Å². The van der Waals surface area contributed by atoms with E-state index >= 15 is 0 Å². The average molecular weight is 210 g/mol. The topological polar surface area (TPSA) is 15.3 Å². The van der Waals surface area contributed by atoms with Crippen molar-refractivity contribution in [2.75, 3.05) is 19.6 Å². The zero-order valence-electron chi connectivity index (χ0n) is 10.3. The minimum absolute atomic E-state index is 0.819. The fourth-order valence-corrected chi connectivity index (χ4v) is 3.24. The van der Waals surface area contributed by atoms with Crippen LogP contribution in [0.1, 0.15) is 46.0 Å². The zero-order chi connectivity index (χ0) is 10.7. The number of likely N-dealkylation sites (tertiary alicyclic amines) is 1. The first kappa shape index (κ1) is 11.4. The molecule has 2 aliphatic rings. The van der Waals surface area contributed by atoms with Gasteiger partial charge in [-0.25, -0.2) is 0 Å². The second-order valence-corrected chi connectivity index (χ2v) is 5.45. The third kappa shape index (κ3) is 2.94. The molecule has 0 spiro atoms. The summed E-state index contributed by atoms with van der Waals surface area (Å²) in [5.41, 5.74) is 0. The minimum Gasteiger partial charge on any atom is -0.312 e. The van der Waals surface area contributed by atoms with Gasteiger partial charge in [-0.2, -0.15) is 0 Å². The van der Waals surface area contributed by atoms with Crippen LogP contribution in [0.5, 0.6) is 0 Å². The van der Waals surface area contributed by atoms with Crippen molar-refractivity contribution in [1.29, 1.82) is 0 Å². The third-order valence-electron chi connectivity index (χ3n) is 4.24. The molecule has 1 saturated carbocycles. The number of hydrogen-bond acceptors (Lipinski definition) is 2. The van der Waals surface area contributed by atoms with Gasteiger partial charge < -0.3 is 5.32 Å². The van der Waals surface area contributed by atoms with Crippen LogP contribution in [0.2, 0.25) is 0 Å². The molecule has 88 valence electrons. The van der Waals surface area contributed by atoms with Crippen molar-refractivity contribution in [2.45, 2.75) is 58.0 Å². The molecule has 2 heteroatoms. The van der Waals surface area contributed by atoms with Crippen LogP contribution in [0.15, 0.2) is 0 Å². The quantitative estimate of drug-likeness (QED) is 0.765. The molecule has 15 heavy (non-hydrogen) atoms. The van der Waals surface area contributed by atoms with E-state index in [1.807, 2.05) is 0 Å². The summed E-state index contributed by atoms with van der Waals surface area (Å²) in [5.74, 6) is 0.952. The van der Waals surface area contributed by atoms with Crippen LogP contribution >= 0.6 is 0 Å². The molecular formula is C13H26N2. The normalized spacial score (nSPS) is 37.6. The lowest BCUT2D eigenvalue weighted by Gasteiger charge is -2.24. The van der Waals surface area contributed by atoms with Crippen molar-refractivity contribution in [1.82, 2.24) is 10.2 Å². The fraction of sp³-hybridized carbons (Fsp3) is 1.00. The maximum Gasteiger partial charge on any atom is 0.0221 e. The van der Waals surface area contributed by atoms with E-state index in [0.717, 1.165) is 18.0 Å². The Morgan fingerprint density at radius 2 is 2.13 bits per heavy atom. The Bertz CT molecular complexity index is 193. The maximum absolute atomic E-state index is 3.78. The van der Waals surface area contributed by atoms with E-state index in [2.05, 4.69) is 24.1 Å². The molecule has 0 unspecified atom stereocenters. The molecular weight excluding hydrogens is 184 g/mol. The number of nitrogens with zero attached hydrogens (tertiary/aromatic N) is 1. The number of likely N-dealkylation sites (N-methyl/N-ethyl adjacent to an activating group) is 1. The molecule has 3 atom stereocenters. The molecule has 1 heterocycles. The second-order valence-electron chi connectivity index (χ2n) is 5.45. The Labute approximate surface area is 94.4 Å². The van der Waals surface area contributed by atoms with Gasteiger partial charge >= 0.3 is 0 Å². The SMILES string of the molecule is CCN1CCC[C@@H]1CN[C@@H]1CC[C@@H](C)C1. The molecule has 0 radical (unpaired) electrons.